The van der Waals surface area contributed by atoms with Gasteiger partial charge >= 0.3 is 11.9 Å². The van der Waals surface area contributed by atoms with Gasteiger partial charge < -0.3 is 14.2 Å². The van der Waals surface area contributed by atoms with Crippen molar-refractivity contribution in [3.8, 4) is 28.4 Å². The fourth-order valence-electron chi connectivity index (χ4n) is 2.08. The molecule has 5 nitrogen and oxygen atoms in total. The summed E-state index contributed by atoms with van der Waals surface area (Å²) in [5.41, 5.74) is 1.37. The molecule has 0 bridgehead atoms. The molecule has 0 heterocycles. The van der Waals surface area contributed by atoms with Crippen molar-refractivity contribution in [2.24, 2.45) is 0 Å². The lowest BCUT2D eigenvalue weighted by Crippen LogP contribution is -2.09. The van der Waals surface area contributed by atoms with E-state index in [1.54, 1.807) is 31.2 Å². The number of carbonyl (C=O) groups is 2. The Hall–Kier alpha value is -3.15. The molecule has 136 valence electrons. The van der Waals surface area contributed by atoms with Crippen LogP contribution in [0.5, 0.6) is 17.2 Å². The number of halogens is 1. The van der Waals surface area contributed by atoms with Crippen molar-refractivity contribution < 1.29 is 28.2 Å². The highest BCUT2D eigenvalue weighted by molar-refractivity contribution is 5.88. The van der Waals surface area contributed by atoms with E-state index >= 15 is 0 Å². The van der Waals surface area contributed by atoms with Gasteiger partial charge in [0.25, 0.3) is 0 Å². The van der Waals surface area contributed by atoms with E-state index in [-0.39, 0.29) is 29.5 Å². The van der Waals surface area contributed by atoms with Crippen LogP contribution in [0.25, 0.3) is 11.1 Å². The number of methoxy groups -OCH3 is 1. The molecular weight excluding hydrogens is 339 g/mol. The molecule has 0 aliphatic heterocycles. The zero-order chi connectivity index (χ0) is 19.3. The van der Waals surface area contributed by atoms with Crippen LogP contribution in [0.3, 0.4) is 0 Å². The summed E-state index contributed by atoms with van der Waals surface area (Å²) >= 11 is 0. The van der Waals surface area contributed by atoms with Gasteiger partial charge in [0.15, 0.2) is 23.1 Å². The number of hydrogen-bond acceptors (Lipinski definition) is 5. The monoisotopic (exact) mass is 358 g/mol. The van der Waals surface area contributed by atoms with Gasteiger partial charge in [0, 0.05) is 12.0 Å². The summed E-state index contributed by atoms with van der Waals surface area (Å²) in [5.74, 6) is -1.30. The van der Waals surface area contributed by atoms with Crippen molar-refractivity contribution in [3.05, 3.63) is 54.4 Å². The highest BCUT2D eigenvalue weighted by Crippen LogP contribution is 2.34. The van der Waals surface area contributed by atoms with Crippen LogP contribution in [0.15, 0.2) is 48.6 Å². The Balaban J connectivity index is 2.30. The van der Waals surface area contributed by atoms with Crippen LogP contribution in [-0.4, -0.2) is 19.0 Å². The first kappa shape index (κ1) is 19.2. The van der Waals surface area contributed by atoms with Crippen LogP contribution in [0.1, 0.15) is 20.3 Å². The van der Waals surface area contributed by atoms with Gasteiger partial charge in [-0.15, -0.1) is 0 Å². The Labute approximate surface area is 151 Å². The van der Waals surface area contributed by atoms with Gasteiger partial charge in [-0.05, 0) is 42.3 Å². The highest BCUT2D eigenvalue weighted by atomic mass is 19.1. The molecular formula is C20H19FO5. The second-order valence-electron chi connectivity index (χ2n) is 5.51. The summed E-state index contributed by atoms with van der Waals surface area (Å²) in [7, 11) is 1.45. The van der Waals surface area contributed by atoms with Gasteiger partial charge in [-0.25, -0.2) is 9.18 Å². The minimum absolute atomic E-state index is 0.176. The second kappa shape index (κ2) is 8.29. The Morgan fingerprint density at radius 1 is 1.00 bits per heavy atom. The van der Waals surface area contributed by atoms with Crippen molar-refractivity contribution in [2.75, 3.05) is 7.11 Å². The standard InChI is InChI=1S/C20H19FO5/c1-5-19(22)25-17-9-7-14(11-18(17)24-4)13-6-8-16(15(21)10-13)26-20(23)12(2)3/h6-11H,2,5H2,1,3-4H3. The van der Waals surface area contributed by atoms with Crippen molar-refractivity contribution in [1.82, 2.24) is 0 Å². The fraction of sp³-hybridized carbons (Fsp3) is 0.200. The van der Waals surface area contributed by atoms with Crippen LogP contribution in [0.2, 0.25) is 0 Å². The molecule has 6 heteroatoms. The molecule has 0 saturated carbocycles. The molecule has 0 radical (unpaired) electrons. The number of ether oxygens (including phenoxy) is 3. The molecule has 0 N–H and O–H groups in total. The molecule has 0 aliphatic carbocycles. The summed E-state index contributed by atoms with van der Waals surface area (Å²) in [6, 6.07) is 9.10. The lowest BCUT2D eigenvalue weighted by Gasteiger charge is -2.11. The number of hydrogen-bond donors (Lipinski definition) is 0. The summed E-state index contributed by atoms with van der Waals surface area (Å²) in [6.07, 6.45) is 0.237. The molecule has 0 unspecified atom stereocenters. The van der Waals surface area contributed by atoms with E-state index in [9.17, 15) is 14.0 Å². The summed E-state index contributed by atoms with van der Waals surface area (Å²) in [5, 5.41) is 0. The third-order valence-corrected chi connectivity index (χ3v) is 3.49. The van der Waals surface area contributed by atoms with Crippen LogP contribution < -0.4 is 14.2 Å². The van der Waals surface area contributed by atoms with E-state index in [0.29, 0.717) is 16.9 Å². The van der Waals surface area contributed by atoms with E-state index in [1.165, 1.54) is 26.2 Å². The molecule has 2 aromatic carbocycles. The number of rotatable bonds is 6. The van der Waals surface area contributed by atoms with E-state index in [0.717, 1.165) is 0 Å². The SMILES string of the molecule is C=C(C)C(=O)Oc1ccc(-c2ccc(OC(=O)CC)c(OC)c2)cc1F. The first-order chi connectivity index (χ1) is 12.3. The largest absolute Gasteiger partial charge is 0.493 e. The quantitative estimate of drug-likeness (QED) is 0.438. The molecule has 2 aromatic rings. The minimum atomic E-state index is -0.694. The first-order valence-electron chi connectivity index (χ1n) is 7.92. The van der Waals surface area contributed by atoms with Crippen molar-refractivity contribution in [2.45, 2.75) is 20.3 Å². The predicted molar refractivity (Wildman–Crippen MR) is 94.8 cm³/mol. The maximum Gasteiger partial charge on any atom is 0.338 e. The van der Waals surface area contributed by atoms with E-state index in [1.807, 2.05) is 0 Å². The zero-order valence-electron chi connectivity index (χ0n) is 14.8. The summed E-state index contributed by atoms with van der Waals surface area (Å²) < 4.78 is 29.6. The molecule has 0 spiro atoms. The van der Waals surface area contributed by atoms with Crippen molar-refractivity contribution >= 4 is 11.9 Å². The average Bonchev–Trinajstić information content (AvgIpc) is 2.63. The van der Waals surface area contributed by atoms with Gasteiger partial charge in [-0.1, -0.05) is 25.6 Å². The van der Waals surface area contributed by atoms with Crippen LogP contribution in [-0.2, 0) is 9.59 Å². The number of benzene rings is 2. The van der Waals surface area contributed by atoms with Gasteiger partial charge in [-0.2, -0.15) is 0 Å². The van der Waals surface area contributed by atoms with Crippen molar-refractivity contribution in [3.63, 3.8) is 0 Å². The van der Waals surface area contributed by atoms with Gasteiger partial charge in [0.2, 0.25) is 0 Å². The lowest BCUT2D eigenvalue weighted by molar-refractivity contribution is -0.134. The molecule has 0 aromatic heterocycles. The fourth-order valence-corrected chi connectivity index (χ4v) is 2.08. The van der Waals surface area contributed by atoms with E-state index in [2.05, 4.69) is 6.58 Å². The third kappa shape index (κ3) is 4.47. The summed E-state index contributed by atoms with van der Waals surface area (Å²) in [4.78, 5) is 23.0. The van der Waals surface area contributed by atoms with E-state index in [4.69, 9.17) is 14.2 Å². The Kier molecular flexibility index (Phi) is 6.11. The van der Waals surface area contributed by atoms with Gasteiger partial charge in [0.05, 0.1) is 7.11 Å². The minimum Gasteiger partial charge on any atom is -0.493 e. The molecule has 0 atom stereocenters. The summed E-state index contributed by atoms with van der Waals surface area (Å²) in [6.45, 7) is 6.62. The Bertz CT molecular complexity index is 857. The maximum atomic E-state index is 14.2. The van der Waals surface area contributed by atoms with Crippen LogP contribution in [0.4, 0.5) is 4.39 Å². The van der Waals surface area contributed by atoms with Crippen molar-refractivity contribution in [1.29, 1.82) is 0 Å². The van der Waals surface area contributed by atoms with Crippen LogP contribution >= 0.6 is 0 Å². The van der Waals surface area contributed by atoms with Crippen LogP contribution in [0, 0.1) is 5.82 Å². The normalized spacial score (nSPS) is 10.2. The Morgan fingerprint density at radius 2 is 1.62 bits per heavy atom. The smallest absolute Gasteiger partial charge is 0.338 e. The maximum absolute atomic E-state index is 14.2. The highest BCUT2D eigenvalue weighted by Gasteiger charge is 2.14. The van der Waals surface area contributed by atoms with Gasteiger partial charge in [-0.3, -0.25) is 4.79 Å². The first-order valence-corrected chi connectivity index (χ1v) is 7.92. The molecule has 2 rings (SSSR count). The number of carbonyl (C=O) groups excluding carboxylic acids is 2. The molecule has 0 aliphatic rings. The third-order valence-electron chi connectivity index (χ3n) is 3.49. The molecule has 0 fully saturated rings. The average molecular weight is 358 g/mol. The second-order valence-corrected chi connectivity index (χ2v) is 5.51. The molecule has 0 saturated heterocycles. The zero-order valence-corrected chi connectivity index (χ0v) is 14.8. The van der Waals surface area contributed by atoms with E-state index < -0.39 is 11.8 Å². The number of esters is 2. The van der Waals surface area contributed by atoms with Gasteiger partial charge in [0.1, 0.15) is 0 Å². The molecule has 26 heavy (non-hydrogen) atoms. The topological polar surface area (TPSA) is 61.8 Å². The predicted octanol–water partition coefficient (Wildman–Crippen LogP) is 4.30. The molecule has 0 amide bonds. The Morgan fingerprint density at radius 3 is 2.15 bits per heavy atom. The lowest BCUT2D eigenvalue weighted by atomic mass is 10.0.